The van der Waals surface area contributed by atoms with Crippen LogP contribution in [-0.2, 0) is 26.4 Å². The van der Waals surface area contributed by atoms with E-state index in [1.807, 2.05) is 6.07 Å². The van der Waals surface area contributed by atoms with Gasteiger partial charge in [-0.1, -0.05) is 41.5 Å². The summed E-state index contributed by atoms with van der Waals surface area (Å²) in [4.78, 5) is 3.25. The van der Waals surface area contributed by atoms with E-state index >= 15 is 0 Å². The van der Waals surface area contributed by atoms with Crippen molar-refractivity contribution in [3.05, 3.63) is 102 Å². The molecule has 0 unspecified atom stereocenters. The van der Waals surface area contributed by atoms with E-state index in [0.29, 0.717) is 0 Å². The summed E-state index contributed by atoms with van der Waals surface area (Å²) in [6, 6.07) is 32.8. The molecule has 0 saturated carbocycles. The van der Waals surface area contributed by atoms with Gasteiger partial charge in [-0.3, -0.25) is 0 Å². The van der Waals surface area contributed by atoms with Gasteiger partial charge in [-0.05, 0) is 6.42 Å². The van der Waals surface area contributed by atoms with Crippen molar-refractivity contribution in [2.24, 2.45) is 0 Å². The molecule has 0 saturated heterocycles. The SMILES string of the molecule is [CH2]=[Ti+2].[c-]1cccc2c1Cc1ccccc1-2.c1ccc2[cH-]ccc2c1. The Bertz CT molecular complexity index is 860. The largest absolute Gasteiger partial charge is 0.179 e. The van der Waals surface area contributed by atoms with Crippen molar-refractivity contribution in [1.29, 1.82) is 0 Å². The molecule has 0 aromatic heterocycles. The minimum atomic E-state index is 1.05. The Hall–Kier alpha value is -2.15. The topological polar surface area (TPSA) is 0 Å². The first-order valence-electron chi connectivity index (χ1n) is 7.95. The first-order valence-corrected chi connectivity index (χ1v) is 9.06. The third-order valence-corrected chi connectivity index (χ3v) is 4.16. The number of hydrogen-bond acceptors (Lipinski definition) is 0. The van der Waals surface area contributed by atoms with Crippen LogP contribution in [0, 0.1) is 6.07 Å². The van der Waals surface area contributed by atoms with Crippen molar-refractivity contribution in [1.82, 2.24) is 0 Å². The summed E-state index contributed by atoms with van der Waals surface area (Å²) >= 11 is 1.75. The molecule has 0 N–H and O–H groups in total. The van der Waals surface area contributed by atoms with Crippen molar-refractivity contribution >= 4 is 15.6 Å². The standard InChI is InChI=1S/C13H9.C9H7.CH2.Ti/c1-3-7-12-10(5-1)9-11-6-2-4-8-13(11)12;1-2-5-9-7-3-6-8(9)4-1;;/h1-5,7-8H,9H2;1-7H;1H2;/q2*-1;;+2. The second-order valence-electron chi connectivity index (χ2n) is 5.55. The molecule has 0 amide bonds. The zero-order valence-electron chi connectivity index (χ0n) is 13.5. The van der Waals surface area contributed by atoms with E-state index in [4.69, 9.17) is 0 Å². The second kappa shape index (κ2) is 8.10. The normalized spacial score (nSPS) is 10.8. The Balaban J connectivity index is 0.000000135. The second-order valence-corrected chi connectivity index (χ2v) is 5.55. The number of rotatable bonds is 0. The van der Waals surface area contributed by atoms with Crippen LogP contribution >= 0.6 is 0 Å². The van der Waals surface area contributed by atoms with Gasteiger partial charge in [-0.15, -0.1) is 35.2 Å². The molecule has 0 aliphatic heterocycles. The van der Waals surface area contributed by atoms with Gasteiger partial charge in [0, 0.05) is 0 Å². The van der Waals surface area contributed by atoms with E-state index in [1.54, 1.807) is 20.0 Å². The fraction of sp³-hybridized carbons (Fsp3) is 0.0435. The summed E-state index contributed by atoms with van der Waals surface area (Å²) in [5, 5.41) is 2.66. The van der Waals surface area contributed by atoms with Crippen LogP contribution in [0.25, 0.3) is 21.9 Å². The summed E-state index contributed by atoms with van der Waals surface area (Å²) in [5.41, 5.74) is 5.51. The molecule has 0 nitrogen and oxygen atoms in total. The van der Waals surface area contributed by atoms with Crippen molar-refractivity contribution in [2.75, 3.05) is 0 Å². The molecule has 4 aromatic carbocycles. The predicted octanol–water partition coefficient (Wildman–Crippen LogP) is 5.58. The van der Waals surface area contributed by atoms with Crippen LogP contribution in [0.15, 0.2) is 84.9 Å². The van der Waals surface area contributed by atoms with Crippen LogP contribution in [0.2, 0.25) is 0 Å². The van der Waals surface area contributed by atoms with E-state index < -0.39 is 0 Å². The molecule has 24 heavy (non-hydrogen) atoms. The van der Waals surface area contributed by atoms with Crippen LogP contribution < -0.4 is 0 Å². The number of fused-ring (bicyclic) bond motifs is 4. The van der Waals surface area contributed by atoms with E-state index in [9.17, 15) is 0 Å². The molecular weight excluding hydrogens is 324 g/mol. The first kappa shape index (κ1) is 16.7. The molecule has 1 heteroatoms. The maximum Gasteiger partial charge on any atom is -0.0253 e. The monoisotopic (exact) mass is 342 g/mol. The van der Waals surface area contributed by atoms with Gasteiger partial charge in [0.1, 0.15) is 0 Å². The minimum Gasteiger partial charge on any atom is -0.179 e. The maximum atomic E-state index is 3.30. The average Bonchev–Trinajstić information content (AvgIpc) is 3.28. The van der Waals surface area contributed by atoms with Gasteiger partial charge in [0.05, 0.1) is 0 Å². The van der Waals surface area contributed by atoms with Crippen LogP contribution in [0.3, 0.4) is 0 Å². The van der Waals surface area contributed by atoms with Gasteiger partial charge in [0.15, 0.2) is 0 Å². The van der Waals surface area contributed by atoms with E-state index in [-0.39, 0.29) is 0 Å². The Morgan fingerprint density at radius 2 is 1.58 bits per heavy atom. The van der Waals surface area contributed by atoms with Gasteiger partial charge in [-0.2, -0.15) is 47.3 Å². The predicted molar refractivity (Wildman–Crippen MR) is 100 cm³/mol. The quantitative estimate of drug-likeness (QED) is 0.254. The van der Waals surface area contributed by atoms with E-state index in [1.165, 1.54) is 33.0 Å². The summed E-state index contributed by atoms with van der Waals surface area (Å²) in [6.45, 7) is 0. The summed E-state index contributed by atoms with van der Waals surface area (Å²) in [6.07, 6.45) is 1.05. The minimum absolute atomic E-state index is 1.05. The molecule has 1 aliphatic rings. The molecule has 0 spiro atoms. The van der Waals surface area contributed by atoms with Crippen molar-refractivity contribution in [3.63, 3.8) is 0 Å². The number of benzene rings is 3. The van der Waals surface area contributed by atoms with Crippen molar-refractivity contribution in [2.45, 2.75) is 6.42 Å². The van der Waals surface area contributed by atoms with Gasteiger partial charge in [-0.25, -0.2) is 0 Å². The van der Waals surface area contributed by atoms with Crippen LogP contribution in [-0.4, -0.2) is 4.82 Å². The molecule has 0 atom stereocenters. The Morgan fingerprint density at radius 1 is 0.833 bits per heavy atom. The summed E-state index contributed by atoms with van der Waals surface area (Å²) in [7, 11) is 0. The van der Waals surface area contributed by atoms with Crippen LogP contribution in [0.4, 0.5) is 0 Å². The first-order chi connectivity index (χ1) is 11.9. The van der Waals surface area contributed by atoms with E-state index in [2.05, 4.69) is 89.7 Å². The Morgan fingerprint density at radius 3 is 2.46 bits per heavy atom. The van der Waals surface area contributed by atoms with Gasteiger partial charge >= 0.3 is 24.8 Å². The van der Waals surface area contributed by atoms with E-state index in [0.717, 1.165) is 6.42 Å². The van der Waals surface area contributed by atoms with Gasteiger partial charge in [0.2, 0.25) is 0 Å². The van der Waals surface area contributed by atoms with Gasteiger partial charge < -0.3 is 0 Å². The Labute approximate surface area is 155 Å². The number of hydrogen-bond donors (Lipinski definition) is 0. The molecule has 0 fully saturated rings. The average molecular weight is 342 g/mol. The third-order valence-electron chi connectivity index (χ3n) is 4.16. The molecule has 0 radical (unpaired) electrons. The third kappa shape index (κ3) is 3.51. The molecule has 114 valence electrons. The smallest absolute Gasteiger partial charge is 0.0253 e. The van der Waals surface area contributed by atoms with Crippen LogP contribution in [0.1, 0.15) is 11.1 Å². The summed E-state index contributed by atoms with van der Waals surface area (Å²) in [5.74, 6) is 0. The van der Waals surface area contributed by atoms with Crippen LogP contribution in [0.5, 0.6) is 0 Å². The molecular formula is C23H18Ti. The zero-order valence-corrected chi connectivity index (χ0v) is 15.1. The van der Waals surface area contributed by atoms with Crippen molar-refractivity contribution < 1.29 is 20.0 Å². The fourth-order valence-corrected chi connectivity index (χ4v) is 3.07. The molecule has 0 bridgehead atoms. The Kier molecular flexibility index (Phi) is 5.64. The molecule has 5 rings (SSSR count). The molecule has 1 aliphatic carbocycles. The maximum absolute atomic E-state index is 3.30. The zero-order chi connectivity index (χ0) is 16.8. The molecule has 4 aromatic rings. The van der Waals surface area contributed by atoms with Gasteiger partial charge in [0.25, 0.3) is 0 Å². The molecule has 0 heterocycles. The summed E-state index contributed by atoms with van der Waals surface area (Å²) < 4.78 is 0. The van der Waals surface area contributed by atoms with Crippen molar-refractivity contribution in [3.8, 4) is 11.1 Å². The fourth-order valence-electron chi connectivity index (χ4n) is 3.07.